The lowest BCUT2D eigenvalue weighted by Gasteiger charge is -2.09. The average Bonchev–Trinajstić information content (AvgIpc) is 2.46. The maximum Gasteiger partial charge on any atom is 0.146 e. The summed E-state index contributed by atoms with van der Waals surface area (Å²) >= 11 is 6.26. The van der Waals surface area contributed by atoms with Crippen molar-refractivity contribution in [3.63, 3.8) is 0 Å². The van der Waals surface area contributed by atoms with E-state index in [1.165, 1.54) is 0 Å². The lowest BCUT2D eigenvalue weighted by atomic mass is 10.0. The minimum atomic E-state index is 0.351. The second-order valence-electron chi connectivity index (χ2n) is 4.24. The molecule has 0 bridgehead atoms. The number of anilines is 1. The molecule has 0 radical (unpaired) electrons. The summed E-state index contributed by atoms with van der Waals surface area (Å²) in [6, 6.07) is 7.28. The Balaban J connectivity index is 2.26. The van der Waals surface area contributed by atoms with Gasteiger partial charge in [0.25, 0.3) is 0 Å². The van der Waals surface area contributed by atoms with Crippen LogP contribution in [0.5, 0.6) is 5.75 Å². The Morgan fingerprint density at radius 3 is 2.85 bits per heavy atom. The van der Waals surface area contributed by atoms with Gasteiger partial charge in [-0.3, -0.25) is 4.98 Å². The number of methoxy groups -OCH3 is 1. The molecule has 2 N–H and O–H groups in total. The molecule has 0 amide bonds. The van der Waals surface area contributed by atoms with E-state index < -0.39 is 0 Å². The van der Waals surface area contributed by atoms with Gasteiger partial charge >= 0.3 is 0 Å². The van der Waals surface area contributed by atoms with Crippen molar-refractivity contribution in [3.8, 4) is 16.9 Å². The molecular formula is C14H11ClN4O. The van der Waals surface area contributed by atoms with Crippen molar-refractivity contribution in [2.24, 2.45) is 0 Å². The standard InChI is InChI=1S/C14H11ClN4O/c1-20-12-2-3-17-7-10(12)8-4-9-6-13(16)18-19-14(9)11(15)5-8/h2-7H,1H3,(H2,16,18). The Labute approximate surface area is 120 Å². The summed E-state index contributed by atoms with van der Waals surface area (Å²) in [5.41, 5.74) is 8.03. The predicted molar refractivity (Wildman–Crippen MR) is 78.7 cm³/mol. The molecule has 0 atom stereocenters. The number of nitrogens with zero attached hydrogens (tertiary/aromatic N) is 3. The molecule has 0 fully saturated rings. The van der Waals surface area contributed by atoms with E-state index in [1.807, 2.05) is 12.1 Å². The van der Waals surface area contributed by atoms with Gasteiger partial charge in [0.05, 0.1) is 12.1 Å². The lowest BCUT2D eigenvalue weighted by molar-refractivity contribution is 0.416. The van der Waals surface area contributed by atoms with Crippen LogP contribution in [0, 0.1) is 0 Å². The lowest BCUT2D eigenvalue weighted by Crippen LogP contribution is -1.94. The van der Waals surface area contributed by atoms with Crippen LogP contribution in [-0.4, -0.2) is 22.3 Å². The van der Waals surface area contributed by atoms with E-state index in [2.05, 4.69) is 15.2 Å². The van der Waals surface area contributed by atoms with Crippen molar-refractivity contribution in [2.75, 3.05) is 12.8 Å². The number of hydrogen-bond acceptors (Lipinski definition) is 5. The second kappa shape index (κ2) is 4.94. The smallest absolute Gasteiger partial charge is 0.146 e. The highest BCUT2D eigenvalue weighted by molar-refractivity contribution is 6.35. The van der Waals surface area contributed by atoms with Crippen LogP contribution in [0.25, 0.3) is 22.0 Å². The molecule has 0 saturated carbocycles. The average molecular weight is 287 g/mol. The number of nitrogens with two attached hydrogens (primary N) is 1. The molecule has 5 nitrogen and oxygen atoms in total. The van der Waals surface area contributed by atoms with Crippen LogP contribution in [0.2, 0.25) is 5.02 Å². The molecule has 0 aliphatic carbocycles. The first kappa shape index (κ1) is 12.6. The van der Waals surface area contributed by atoms with Gasteiger partial charge in [-0.15, -0.1) is 10.2 Å². The number of benzene rings is 1. The molecule has 6 heteroatoms. The van der Waals surface area contributed by atoms with Crippen LogP contribution in [0.3, 0.4) is 0 Å². The third kappa shape index (κ3) is 2.12. The van der Waals surface area contributed by atoms with Gasteiger partial charge in [0, 0.05) is 23.3 Å². The van der Waals surface area contributed by atoms with Crippen LogP contribution in [0.15, 0.2) is 36.7 Å². The Hall–Kier alpha value is -2.40. The van der Waals surface area contributed by atoms with Crippen molar-refractivity contribution >= 4 is 28.3 Å². The van der Waals surface area contributed by atoms with Crippen LogP contribution in [0.1, 0.15) is 0 Å². The Bertz CT molecular complexity index is 791. The Morgan fingerprint density at radius 2 is 2.05 bits per heavy atom. The van der Waals surface area contributed by atoms with E-state index in [0.717, 1.165) is 22.3 Å². The molecule has 1 aromatic carbocycles. The van der Waals surface area contributed by atoms with Crippen molar-refractivity contribution < 1.29 is 4.74 Å². The summed E-state index contributed by atoms with van der Waals surface area (Å²) in [5, 5.41) is 9.15. The molecule has 100 valence electrons. The summed E-state index contributed by atoms with van der Waals surface area (Å²) in [7, 11) is 1.62. The summed E-state index contributed by atoms with van der Waals surface area (Å²) in [6.07, 6.45) is 3.41. The number of aromatic nitrogens is 3. The minimum absolute atomic E-state index is 0.351. The monoisotopic (exact) mass is 286 g/mol. The summed E-state index contributed by atoms with van der Waals surface area (Å²) in [5.74, 6) is 1.08. The largest absolute Gasteiger partial charge is 0.496 e. The van der Waals surface area contributed by atoms with Crippen LogP contribution >= 0.6 is 11.6 Å². The third-order valence-corrected chi connectivity index (χ3v) is 3.26. The van der Waals surface area contributed by atoms with Gasteiger partial charge in [-0.2, -0.15) is 0 Å². The SMILES string of the molecule is COc1ccncc1-c1cc(Cl)c2nnc(N)cc2c1. The summed E-state index contributed by atoms with van der Waals surface area (Å²) in [6.45, 7) is 0. The zero-order chi connectivity index (χ0) is 14.1. The van der Waals surface area contributed by atoms with Crippen LogP contribution in [-0.2, 0) is 0 Å². The maximum atomic E-state index is 6.26. The van der Waals surface area contributed by atoms with Crippen LogP contribution in [0.4, 0.5) is 5.82 Å². The molecule has 0 aliphatic rings. The molecule has 0 saturated heterocycles. The zero-order valence-electron chi connectivity index (χ0n) is 10.7. The highest BCUT2D eigenvalue weighted by atomic mass is 35.5. The fourth-order valence-electron chi connectivity index (χ4n) is 2.06. The molecular weight excluding hydrogens is 276 g/mol. The molecule has 20 heavy (non-hydrogen) atoms. The number of rotatable bonds is 2. The topological polar surface area (TPSA) is 73.9 Å². The highest BCUT2D eigenvalue weighted by Crippen LogP contribution is 2.34. The molecule has 2 aromatic heterocycles. The minimum Gasteiger partial charge on any atom is -0.496 e. The molecule has 0 aliphatic heterocycles. The van der Waals surface area contributed by atoms with Crippen molar-refractivity contribution in [1.29, 1.82) is 0 Å². The van der Waals surface area contributed by atoms with E-state index in [0.29, 0.717) is 16.4 Å². The van der Waals surface area contributed by atoms with E-state index in [9.17, 15) is 0 Å². The third-order valence-electron chi connectivity index (χ3n) is 2.97. The van der Waals surface area contributed by atoms with Gasteiger partial charge in [0.1, 0.15) is 17.1 Å². The van der Waals surface area contributed by atoms with Gasteiger partial charge in [-0.05, 0) is 29.8 Å². The van der Waals surface area contributed by atoms with Crippen LogP contribution < -0.4 is 10.5 Å². The summed E-state index contributed by atoms with van der Waals surface area (Å²) < 4.78 is 5.34. The van der Waals surface area contributed by atoms with Crippen molar-refractivity contribution in [3.05, 3.63) is 41.7 Å². The normalized spacial score (nSPS) is 10.7. The quantitative estimate of drug-likeness (QED) is 0.784. The highest BCUT2D eigenvalue weighted by Gasteiger charge is 2.10. The van der Waals surface area contributed by atoms with E-state index >= 15 is 0 Å². The Kier molecular flexibility index (Phi) is 3.12. The van der Waals surface area contributed by atoms with Gasteiger partial charge < -0.3 is 10.5 Å². The van der Waals surface area contributed by atoms with E-state index in [-0.39, 0.29) is 0 Å². The molecule has 3 rings (SSSR count). The molecule has 0 unspecified atom stereocenters. The first-order chi connectivity index (χ1) is 9.69. The maximum absolute atomic E-state index is 6.26. The van der Waals surface area contributed by atoms with E-state index in [1.54, 1.807) is 31.6 Å². The van der Waals surface area contributed by atoms with Gasteiger partial charge in [-0.25, -0.2) is 0 Å². The number of pyridine rings is 1. The van der Waals surface area contributed by atoms with E-state index in [4.69, 9.17) is 22.1 Å². The fourth-order valence-corrected chi connectivity index (χ4v) is 2.33. The number of nitrogen functional groups attached to an aromatic ring is 1. The van der Waals surface area contributed by atoms with Crippen molar-refractivity contribution in [2.45, 2.75) is 0 Å². The zero-order valence-corrected chi connectivity index (χ0v) is 11.4. The first-order valence-corrected chi connectivity index (χ1v) is 6.27. The predicted octanol–water partition coefficient (Wildman–Crippen LogP) is 2.94. The number of fused-ring (bicyclic) bond motifs is 1. The molecule has 2 heterocycles. The molecule has 0 spiro atoms. The van der Waals surface area contributed by atoms with Crippen molar-refractivity contribution in [1.82, 2.24) is 15.2 Å². The Morgan fingerprint density at radius 1 is 1.20 bits per heavy atom. The van der Waals surface area contributed by atoms with Gasteiger partial charge in [-0.1, -0.05) is 11.6 Å². The van der Waals surface area contributed by atoms with Gasteiger partial charge in [0.15, 0.2) is 0 Å². The van der Waals surface area contributed by atoms with Gasteiger partial charge in [0.2, 0.25) is 0 Å². The number of halogens is 1. The fraction of sp³-hybridized carbons (Fsp3) is 0.0714. The number of hydrogen-bond donors (Lipinski definition) is 1. The molecule has 3 aromatic rings. The first-order valence-electron chi connectivity index (χ1n) is 5.90. The number of ether oxygens (including phenoxy) is 1. The second-order valence-corrected chi connectivity index (χ2v) is 4.65. The summed E-state index contributed by atoms with van der Waals surface area (Å²) in [4.78, 5) is 4.12.